The van der Waals surface area contributed by atoms with Gasteiger partial charge in [-0.3, -0.25) is 25.3 Å². The predicted molar refractivity (Wildman–Crippen MR) is 96.6 cm³/mol. The standard InChI is InChI=1S/C18H20F2N4O2S/c1-11-10-27-18(21-11)7-16(25)22-23-17(26)9-24(14-4-5-14)8-12-2-3-13(19)6-15(12)20/h2-3,6,10,14H,4-5,7-9H2,1H3,(H,22,25)(H,23,26). The average molecular weight is 394 g/mol. The van der Waals surface area contributed by atoms with Crippen molar-refractivity contribution in [3.8, 4) is 0 Å². The molecule has 1 aliphatic rings. The molecule has 0 aliphatic heterocycles. The van der Waals surface area contributed by atoms with E-state index in [0.717, 1.165) is 24.6 Å². The minimum absolute atomic E-state index is 0.0120. The van der Waals surface area contributed by atoms with Crippen LogP contribution in [0.3, 0.4) is 0 Å². The van der Waals surface area contributed by atoms with Gasteiger partial charge >= 0.3 is 0 Å². The van der Waals surface area contributed by atoms with Crippen LogP contribution < -0.4 is 10.9 Å². The van der Waals surface area contributed by atoms with Gasteiger partial charge in [0.05, 0.1) is 13.0 Å². The normalized spacial score (nSPS) is 13.6. The number of hydrogen-bond acceptors (Lipinski definition) is 5. The van der Waals surface area contributed by atoms with Crippen molar-refractivity contribution in [3.05, 3.63) is 51.5 Å². The van der Waals surface area contributed by atoms with E-state index in [4.69, 9.17) is 0 Å². The summed E-state index contributed by atoms with van der Waals surface area (Å²) in [5, 5.41) is 2.52. The maximum atomic E-state index is 13.9. The van der Waals surface area contributed by atoms with Crippen molar-refractivity contribution in [2.45, 2.75) is 38.8 Å². The van der Waals surface area contributed by atoms with Gasteiger partial charge in [0.1, 0.15) is 16.6 Å². The fraction of sp³-hybridized carbons (Fsp3) is 0.389. The van der Waals surface area contributed by atoms with Crippen molar-refractivity contribution in [1.82, 2.24) is 20.7 Å². The van der Waals surface area contributed by atoms with Gasteiger partial charge in [-0.2, -0.15) is 0 Å². The van der Waals surface area contributed by atoms with Crippen LogP contribution in [0.1, 0.15) is 29.1 Å². The molecular weight excluding hydrogens is 374 g/mol. The number of amides is 2. The molecule has 9 heteroatoms. The second-order valence-corrected chi connectivity index (χ2v) is 7.47. The number of aromatic nitrogens is 1. The molecule has 0 bridgehead atoms. The fourth-order valence-corrected chi connectivity index (χ4v) is 3.42. The number of aryl methyl sites for hydroxylation is 1. The zero-order chi connectivity index (χ0) is 19.4. The minimum Gasteiger partial charge on any atom is -0.287 e. The van der Waals surface area contributed by atoms with Gasteiger partial charge in [0, 0.05) is 35.3 Å². The number of halogens is 2. The summed E-state index contributed by atoms with van der Waals surface area (Å²) in [4.78, 5) is 30.0. The van der Waals surface area contributed by atoms with Crippen LogP contribution in [-0.4, -0.2) is 34.3 Å². The summed E-state index contributed by atoms with van der Waals surface area (Å²) in [6.45, 7) is 2.06. The summed E-state index contributed by atoms with van der Waals surface area (Å²) in [6.07, 6.45) is 1.93. The van der Waals surface area contributed by atoms with Crippen LogP contribution in [0.5, 0.6) is 0 Å². The molecule has 0 saturated heterocycles. The molecule has 144 valence electrons. The van der Waals surface area contributed by atoms with Crippen molar-refractivity contribution in [2.75, 3.05) is 6.54 Å². The Morgan fingerprint density at radius 2 is 2.00 bits per heavy atom. The monoisotopic (exact) mass is 394 g/mol. The van der Waals surface area contributed by atoms with E-state index in [9.17, 15) is 18.4 Å². The maximum Gasteiger partial charge on any atom is 0.252 e. The van der Waals surface area contributed by atoms with E-state index in [1.54, 1.807) is 0 Å². The first kappa shape index (κ1) is 19.4. The molecule has 1 saturated carbocycles. The average Bonchev–Trinajstić information content (AvgIpc) is 3.38. The Bertz CT molecular complexity index is 839. The van der Waals surface area contributed by atoms with Gasteiger partial charge in [-0.1, -0.05) is 6.07 Å². The van der Waals surface area contributed by atoms with Crippen LogP contribution in [0.4, 0.5) is 8.78 Å². The van der Waals surface area contributed by atoms with Crippen molar-refractivity contribution < 1.29 is 18.4 Å². The number of thiazole rings is 1. The number of nitrogens with one attached hydrogen (secondary N) is 2. The van der Waals surface area contributed by atoms with Gasteiger partial charge in [-0.05, 0) is 25.8 Å². The molecule has 3 rings (SSSR count). The Hall–Kier alpha value is -2.39. The molecule has 6 nitrogen and oxygen atoms in total. The lowest BCUT2D eigenvalue weighted by Crippen LogP contribution is -2.47. The minimum atomic E-state index is -0.634. The largest absolute Gasteiger partial charge is 0.287 e. The highest BCUT2D eigenvalue weighted by Crippen LogP contribution is 2.28. The van der Waals surface area contributed by atoms with E-state index in [-0.39, 0.29) is 31.5 Å². The van der Waals surface area contributed by atoms with Crippen molar-refractivity contribution >= 4 is 23.2 Å². The zero-order valence-corrected chi connectivity index (χ0v) is 15.6. The first-order valence-corrected chi connectivity index (χ1v) is 9.45. The molecule has 1 fully saturated rings. The second kappa shape index (κ2) is 8.53. The fourth-order valence-electron chi connectivity index (χ4n) is 2.65. The molecule has 27 heavy (non-hydrogen) atoms. The van der Waals surface area contributed by atoms with Gasteiger partial charge < -0.3 is 0 Å². The van der Waals surface area contributed by atoms with Gasteiger partial charge in [0.25, 0.3) is 5.91 Å². The first-order valence-electron chi connectivity index (χ1n) is 8.57. The number of carbonyl (C=O) groups excluding carboxylic acids is 2. The van der Waals surface area contributed by atoms with E-state index >= 15 is 0 Å². The number of carbonyl (C=O) groups is 2. The molecule has 2 N–H and O–H groups in total. The van der Waals surface area contributed by atoms with Gasteiger partial charge in [-0.15, -0.1) is 11.3 Å². The molecule has 0 atom stereocenters. The van der Waals surface area contributed by atoms with Gasteiger partial charge in [0.2, 0.25) is 5.91 Å². The van der Waals surface area contributed by atoms with Crippen LogP contribution in [0, 0.1) is 18.6 Å². The molecule has 0 radical (unpaired) electrons. The Balaban J connectivity index is 1.49. The molecule has 0 spiro atoms. The van der Waals surface area contributed by atoms with Crippen molar-refractivity contribution in [3.63, 3.8) is 0 Å². The molecule has 2 amide bonds. The first-order chi connectivity index (χ1) is 12.9. The third-order valence-electron chi connectivity index (χ3n) is 4.12. The Labute approximate surface area is 159 Å². The Kier molecular flexibility index (Phi) is 6.12. The highest BCUT2D eigenvalue weighted by atomic mass is 32.1. The molecule has 1 heterocycles. The van der Waals surface area contributed by atoms with Crippen LogP contribution in [-0.2, 0) is 22.6 Å². The van der Waals surface area contributed by atoms with E-state index in [1.807, 2.05) is 17.2 Å². The molecule has 0 unspecified atom stereocenters. The number of nitrogens with zero attached hydrogens (tertiary/aromatic N) is 2. The second-order valence-electron chi connectivity index (χ2n) is 6.53. The van der Waals surface area contributed by atoms with Crippen LogP contribution in [0.2, 0.25) is 0 Å². The highest BCUT2D eigenvalue weighted by molar-refractivity contribution is 7.09. The SMILES string of the molecule is Cc1csc(CC(=O)NNC(=O)CN(Cc2ccc(F)cc2F)C2CC2)n1. The summed E-state index contributed by atoms with van der Waals surface area (Å²) in [6, 6.07) is 3.61. The van der Waals surface area contributed by atoms with Gasteiger partial charge in [0.15, 0.2) is 0 Å². The number of benzene rings is 1. The van der Waals surface area contributed by atoms with E-state index in [0.29, 0.717) is 10.6 Å². The lowest BCUT2D eigenvalue weighted by atomic mass is 10.2. The van der Waals surface area contributed by atoms with Crippen molar-refractivity contribution in [1.29, 1.82) is 0 Å². The number of hydrazine groups is 1. The van der Waals surface area contributed by atoms with Crippen molar-refractivity contribution in [2.24, 2.45) is 0 Å². The van der Waals surface area contributed by atoms with Crippen LogP contribution in [0.25, 0.3) is 0 Å². The van der Waals surface area contributed by atoms with E-state index in [2.05, 4.69) is 15.8 Å². The third kappa shape index (κ3) is 5.80. The molecule has 2 aromatic rings. The summed E-state index contributed by atoms with van der Waals surface area (Å²) < 4.78 is 26.9. The van der Waals surface area contributed by atoms with Crippen LogP contribution >= 0.6 is 11.3 Å². The summed E-state index contributed by atoms with van der Waals surface area (Å²) in [7, 11) is 0. The van der Waals surface area contributed by atoms with E-state index in [1.165, 1.54) is 23.5 Å². The smallest absolute Gasteiger partial charge is 0.252 e. The van der Waals surface area contributed by atoms with Gasteiger partial charge in [-0.25, -0.2) is 13.8 Å². The topological polar surface area (TPSA) is 74.3 Å². The molecule has 1 aromatic heterocycles. The number of hydrogen-bond donors (Lipinski definition) is 2. The highest BCUT2D eigenvalue weighted by Gasteiger charge is 2.31. The molecule has 1 aromatic carbocycles. The lowest BCUT2D eigenvalue weighted by Gasteiger charge is -2.21. The quantitative estimate of drug-likeness (QED) is 0.706. The maximum absolute atomic E-state index is 13.9. The Morgan fingerprint density at radius 1 is 1.26 bits per heavy atom. The number of rotatable bonds is 7. The summed E-state index contributed by atoms with van der Waals surface area (Å²) >= 11 is 1.38. The predicted octanol–water partition coefficient (Wildman–Crippen LogP) is 2.08. The Morgan fingerprint density at radius 3 is 2.63 bits per heavy atom. The lowest BCUT2D eigenvalue weighted by molar-refractivity contribution is -0.129. The molecule has 1 aliphatic carbocycles. The third-order valence-corrected chi connectivity index (χ3v) is 5.08. The summed E-state index contributed by atoms with van der Waals surface area (Å²) in [5.74, 6) is -2.02. The molecular formula is C18H20F2N4O2S. The summed E-state index contributed by atoms with van der Waals surface area (Å²) in [5.41, 5.74) is 5.92. The van der Waals surface area contributed by atoms with Crippen LogP contribution in [0.15, 0.2) is 23.6 Å². The van der Waals surface area contributed by atoms with E-state index < -0.39 is 17.5 Å². The zero-order valence-electron chi connectivity index (χ0n) is 14.8.